The van der Waals surface area contributed by atoms with Crippen molar-refractivity contribution in [2.45, 2.75) is 13.3 Å². The number of benzene rings is 1. The van der Waals surface area contributed by atoms with E-state index in [1.807, 2.05) is 0 Å². The molecule has 0 aromatic heterocycles. The first kappa shape index (κ1) is 15.7. The third-order valence-corrected chi connectivity index (χ3v) is 2.37. The zero-order valence-corrected chi connectivity index (χ0v) is 11.4. The predicted octanol–water partition coefficient (Wildman–Crippen LogP) is 1.37. The Morgan fingerprint density at radius 3 is 2.15 bits per heavy atom. The molecule has 0 aliphatic carbocycles. The molecule has 1 rings (SSSR count). The minimum Gasteiger partial charge on any atom is -0.497 e. The summed E-state index contributed by atoms with van der Waals surface area (Å²) in [5.41, 5.74) is 0.398. The molecule has 0 aliphatic heterocycles. The van der Waals surface area contributed by atoms with E-state index in [0.717, 1.165) is 0 Å². The van der Waals surface area contributed by atoms with Gasteiger partial charge in [0.2, 0.25) is 0 Å². The van der Waals surface area contributed by atoms with Crippen LogP contribution in [0, 0.1) is 0 Å². The number of ether oxygens (including phenoxy) is 3. The Kier molecular flexibility index (Phi) is 6.22. The van der Waals surface area contributed by atoms with E-state index in [-0.39, 0.29) is 12.4 Å². The van der Waals surface area contributed by atoms with Crippen molar-refractivity contribution in [3.63, 3.8) is 0 Å². The highest BCUT2D eigenvalue weighted by Crippen LogP contribution is 2.11. The quantitative estimate of drug-likeness (QED) is 0.426. The van der Waals surface area contributed by atoms with Gasteiger partial charge in [-0.05, 0) is 31.2 Å². The van der Waals surface area contributed by atoms with E-state index in [1.54, 1.807) is 31.2 Å². The third-order valence-electron chi connectivity index (χ3n) is 2.37. The molecule has 1 aromatic carbocycles. The molecule has 0 fully saturated rings. The fourth-order valence-electron chi connectivity index (χ4n) is 1.39. The number of methoxy groups -OCH3 is 1. The molecule has 0 spiro atoms. The highest BCUT2D eigenvalue weighted by atomic mass is 16.6. The van der Waals surface area contributed by atoms with Crippen LogP contribution in [0.3, 0.4) is 0 Å². The standard InChI is InChI=1S/C14H16O6/c1-3-19-13(16)8-14(17)20-9-12(15)10-4-6-11(18-2)7-5-10/h4-7H,3,8-9H2,1-2H3. The van der Waals surface area contributed by atoms with Gasteiger partial charge in [-0.1, -0.05) is 0 Å². The third kappa shape index (κ3) is 5.09. The molecule has 6 heteroatoms. The number of rotatable bonds is 7. The molecule has 1 aromatic rings. The summed E-state index contributed by atoms with van der Waals surface area (Å²) in [7, 11) is 1.52. The van der Waals surface area contributed by atoms with Crippen LogP contribution in [0.1, 0.15) is 23.7 Å². The van der Waals surface area contributed by atoms with E-state index in [2.05, 4.69) is 4.74 Å². The van der Waals surface area contributed by atoms with Crippen LogP contribution in [0.2, 0.25) is 0 Å². The molecular weight excluding hydrogens is 264 g/mol. The number of carbonyl (C=O) groups is 3. The lowest BCUT2D eigenvalue weighted by Gasteiger charge is -2.05. The van der Waals surface area contributed by atoms with Crippen LogP contribution in [0.4, 0.5) is 0 Å². The van der Waals surface area contributed by atoms with E-state index in [4.69, 9.17) is 9.47 Å². The Hall–Kier alpha value is -2.37. The lowest BCUT2D eigenvalue weighted by Crippen LogP contribution is -2.18. The molecule has 0 radical (unpaired) electrons. The van der Waals surface area contributed by atoms with Gasteiger partial charge < -0.3 is 14.2 Å². The van der Waals surface area contributed by atoms with Crippen LogP contribution in [-0.2, 0) is 19.1 Å². The van der Waals surface area contributed by atoms with Crippen LogP contribution in [0.15, 0.2) is 24.3 Å². The minimum atomic E-state index is -0.787. The lowest BCUT2D eigenvalue weighted by atomic mass is 10.1. The van der Waals surface area contributed by atoms with Crippen molar-refractivity contribution in [2.24, 2.45) is 0 Å². The predicted molar refractivity (Wildman–Crippen MR) is 69.5 cm³/mol. The van der Waals surface area contributed by atoms with Gasteiger partial charge in [0.05, 0.1) is 13.7 Å². The number of Topliss-reactive ketones (excluding diaryl/α,β-unsaturated/α-hetero) is 1. The van der Waals surface area contributed by atoms with Gasteiger partial charge in [0.1, 0.15) is 12.2 Å². The maximum Gasteiger partial charge on any atom is 0.317 e. The SMILES string of the molecule is CCOC(=O)CC(=O)OCC(=O)c1ccc(OC)cc1. The fourth-order valence-corrected chi connectivity index (χ4v) is 1.39. The van der Waals surface area contributed by atoms with Gasteiger partial charge in [-0.3, -0.25) is 14.4 Å². The number of hydrogen-bond donors (Lipinski definition) is 0. The summed E-state index contributed by atoms with van der Waals surface area (Å²) in [5, 5.41) is 0. The molecule has 0 saturated heterocycles. The second kappa shape index (κ2) is 7.93. The van der Waals surface area contributed by atoms with Crippen molar-refractivity contribution in [1.29, 1.82) is 0 Å². The monoisotopic (exact) mass is 280 g/mol. The Morgan fingerprint density at radius 1 is 1.00 bits per heavy atom. The maximum absolute atomic E-state index is 11.7. The second-order valence-corrected chi connectivity index (χ2v) is 3.79. The summed E-state index contributed by atoms with van der Waals surface area (Å²) >= 11 is 0. The molecule has 20 heavy (non-hydrogen) atoms. The van der Waals surface area contributed by atoms with E-state index in [9.17, 15) is 14.4 Å². The fraction of sp³-hybridized carbons (Fsp3) is 0.357. The summed E-state index contributed by atoms with van der Waals surface area (Å²) < 4.78 is 14.3. The van der Waals surface area contributed by atoms with E-state index in [0.29, 0.717) is 11.3 Å². The zero-order chi connectivity index (χ0) is 15.0. The normalized spacial score (nSPS) is 9.70. The Bertz CT molecular complexity index is 477. The molecule has 0 N–H and O–H groups in total. The van der Waals surface area contributed by atoms with Crippen LogP contribution >= 0.6 is 0 Å². The van der Waals surface area contributed by atoms with Crippen LogP contribution in [-0.4, -0.2) is 38.0 Å². The minimum absolute atomic E-state index is 0.191. The Morgan fingerprint density at radius 2 is 1.60 bits per heavy atom. The topological polar surface area (TPSA) is 78.9 Å². The maximum atomic E-state index is 11.7. The summed E-state index contributed by atoms with van der Waals surface area (Å²) in [6, 6.07) is 6.40. The van der Waals surface area contributed by atoms with Gasteiger partial charge in [0.25, 0.3) is 0 Å². The first-order valence-corrected chi connectivity index (χ1v) is 6.05. The van der Waals surface area contributed by atoms with Crippen molar-refractivity contribution in [3.8, 4) is 5.75 Å². The Labute approximate surface area is 116 Å². The molecule has 6 nitrogen and oxygen atoms in total. The van der Waals surface area contributed by atoms with Gasteiger partial charge in [-0.15, -0.1) is 0 Å². The molecule has 0 amide bonds. The summed E-state index contributed by atoms with van der Waals surface area (Å²) in [6.07, 6.45) is -0.496. The van der Waals surface area contributed by atoms with E-state index < -0.39 is 25.0 Å². The molecular formula is C14H16O6. The molecule has 0 saturated carbocycles. The van der Waals surface area contributed by atoms with Crippen molar-refractivity contribution < 1.29 is 28.6 Å². The van der Waals surface area contributed by atoms with E-state index in [1.165, 1.54) is 7.11 Å². The van der Waals surface area contributed by atoms with Gasteiger partial charge in [-0.25, -0.2) is 0 Å². The van der Waals surface area contributed by atoms with Gasteiger partial charge in [-0.2, -0.15) is 0 Å². The highest BCUT2D eigenvalue weighted by Gasteiger charge is 2.14. The van der Waals surface area contributed by atoms with Crippen LogP contribution in [0.25, 0.3) is 0 Å². The largest absolute Gasteiger partial charge is 0.497 e. The number of carbonyl (C=O) groups excluding carboxylic acids is 3. The van der Waals surface area contributed by atoms with Crippen molar-refractivity contribution >= 4 is 17.7 Å². The Balaban J connectivity index is 2.42. The summed E-state index contributed by atoms with van der Waals surface area (Å²) in [5.74, 6) is -1.19. The van der Waals surface area contributed by atoms with Crippen molar-refractivity contribution in [2.75, 3.05) is 20.3 Å². The molecule has 0 atom stereocenters. The second-order valence-electron chi connectivity index (χ2n) is 3.79. The van der Waals surface area contributed by atoms with E-state index >= 15 is 0 Å². The van der Waals surface area contributed by atoms with Crippen LogP contribution in [0.5, 0.6) is 5.75 Å². The number of esters is 2. The lowest BCUT2D eigenvalue weighted by molar-refractivity contribution is -0.153. The van der Waals surface area contributed by atoms with Crippen molar-refractivity contribution in [1.82, 2.24) is 0 Å². The van der Waals surface area contributed by atoms with Crippen LogP contribution < -0.4 is 4.74 Å². The van der Waals surface area contributed by atoms with Gasteiger partial charge in [0, 0.05) is 5.56 Å². The molecule has 108 valence electrons. The van der Waals surface area contributed by atoms with Gasteiger partial charge in [0.15, 0.2) is 12.4 Å². The highest BCUT2D eigenvalue weighted by molar-refractivity contribution is 5.99. The molecule has 0 heterocycles. The smallest absolute Gasteiger partial charge is 0.317 e. The van der Waals surface area contributed by atoms with Gasteiger partial charge >= 0.3 is 11.9 Å². The first-order valence-electron chi connectivity index (χ1n) is 6.05. The zero-order valence-electron chi connectivity index (χ0n) is 11.4. The molecule has 0 bridgehead atoms. The average molecular weight is 280 g/mol. The molecule has 0 aliphatic rings. The summed E-state index contributed by atoms with van der Waals surface area (Å²) in [4.78, 5) is 34.0. The molecule has 0 unspecified atom stereocenters. The van der Waals surface area contributed by atoms with Crippen molar-refractivity contribution in [3.05, 3.63) is 29.8 Å². The summed E-state index contributed by atoms with van der Waals surface area (Å²) in [6.45, 7) is 1.41. The first-order chi connectivity index (χ1) is 9.56. The number of ketones is 1. The average Bonchev–Trinajstić information content (AvgIpc) is 2.45. The number of hydrogen-bond acceptors (Lipinski definition) is 6.